The smallest absolute Gasteiger partial charge is 0.259 e. The van der Waals surface area contributed by atoms with E-state index in [4.69, 9.17) is 14.2 Å². The van der Waals surface area contributed by atoms with Crippen molar-refractivity contribution in [3.05, 3.63) is 53.6 Å². The van der Waals surface area contributed by atoms with Crippen LogP contribution in [-0.2, 0) is 4.79 Å². The molecule has 8 heteroatoms. The van der Waals surface area contributed by atoms with E-state index in [0.717, 1.165) is 17.7 Å². The zero-order valence-corrected chi connectivity index (χ0v) is 15.4. The molecule has 1 aliphatic heterocycles. The van der Waals surface area contributed by atoms with Crippen molar-refractivity contribution in [3.63, 3.8) is 0 Å². The summed E-state index contributed by atoms with van der Waals surface area (Å²) in [5, 5.41) is 6.42. The summed E-state index contributed by atoms with van der Waals surface area (Å²) in [6.07, 6.45) is 2.43. The minimum atomic E-state index is -0.441. The Morgan fingerprint density at radius 2 is 2.04 bits per heavy atom. The molecule has 146 valence electrons. The molecule has 2 aromatic carbocycles. The highest BCUT2D eigenvalue weighted by Gasteiger charge is 2.16. The topological polar surface area (TPSA) is 98.2 Å². The van der Waals surface area contributed by atoms with E-state index in [1.807, 2.05) is 31.2 Å². The summed E-state index contributed by atoms with van der Waals surface area (Å²) in [5.74, 6) is 1.01. The number of hydrazone groups is 1. The Morgan fingerprint density at radius 3 is 2.89 bits per heavy atom. The molecular formula is C20H21N3O5. The molecular weight excluding hydrogens is 362 g/mol. The minimum Gasteiger partial charge on any atom is -0.494 e. The van der Waals surface area contributed by atoms with Gasteiger partial charge in [0.25, 0.3) is 11.8 Å². The van der Waals surface area contributed by atoms with Crippen LogP contribution in [0.4, 0.5) is 0 Å². The van der Waals surface area contributed by atoms with E-state index in [1.54, 1.807) is 18.2 Å². The molecule has 2 N–H and O–H groups in total. The van der Waals surface area contributed by atoms with Gasteiger partial charge in [-0.15, -0.1) is 0 Å². The van der Waals surface area contributed by atoms with E-state index in [2.05, 4.69) is 15.8 Å². The summed E-state index contributed by atoms with van der Waals surface area (Å²) in [7, 11) is 0. The third kappa shape index (κ3) is 5.23. The van der Waals surface area contributed by atoms with Crippen molar-refractivity contribution in [2.45, 2.75) is 13.3 Å². The second-order valence-electron chi connectivity index (χ2n) is 5.96. The van der Waals surface area contributed by atoms with Gasteiger partial charge in [0.1, 0.15) is 5.75 Å². The Hall–Kier alpha value is -3.55. The van der Waals surface area contributed by atoms with Crippen LogP contribution in [0.15, 0.2) is 47.6 Å². The highest BCUT2D eigenvalue weighted by Crippen LogP contribution is 2.32. The molecule has 2 aromatic rings. The lowest BCUT2D eigenvalue weighted by molar-refractivity contribution is -0.120. The number of carbonyl (C=O) groups is 2. The zero-order chi connectivity index (χ0) is 19.8. The van der Waals surface area contributed by atoms with Crippen LogP contribution in [0.25, 0.3) is 0 Å². The number of amides is 2. The van der Waals surface area contributed by atoms with E-state index in [0.29, 0.717) is 23.7 Å². The number of nitrogens with zero attached hydrogens (tertiary/aromatic N) is 1. The number of benzene rings is 2. The van der Waals surface area contributed by atoms with Gasteiger partial charge in [-0.25, -0.2) is 5.43 Å². The van der Waals surface area contributed by atoms with Gasteiger partial charge in [0.2, 0.25) is 6.79 Å². The molecule has 0 spiro atoms. The lowest BCUT2D eigenvalue weighted by atomic mass is 10.2. The van der Waals surface area contributed by atoms with Crippen LogP contribution in [0.2, 0.25) is 0 Å². The summed E-state index contributed by atoms with van der Waals surface area (Å²) in [4.78, 5) is 24.0. The molecule has 0 saturated heterocycles. The molecule has 0 radical (unpaired) electrons. The highest BCUT2D eigenvalue weighted by atomic mass is 16.7. The lowest BCUT2D eigenvalue weighted by Gasteiger charge is -2.06. The maximum atomic E-state index is 12.1. The van der Waals surface area contributed by atoms with Crippen molar-refractivity contribution in [1.29, 1.82) is 0 Å². The molecule has 8 nitrogen and oxygen atoms in total. The summed E-state index contributed by atoms with van der Waals surface area (Å²) in [6.45, 7) is 2.60. The molecule has 0 aliphatic carbocycles. The van der Waals surface area contributed by atoms with E-state index in [9.17, 15) is 9.59 Å². The number of hydrogen-bond donors (Lipinski definition) is 2. The Bertz CT molecular complexity index is 882. The average molecular weight is 383 g/mol. The summed E-state index contributed by atoms with van der Waals surface area (Å²) < 4.78 is 16.0. The molecule has 0 fully saturated rings. The Balaban J connectivity index is 1.45. The first-order valence-corrected chi connectivity index (χ1v) is 8.88. The van der Waals surface area contributed by atoms with E-state index in [-0.39, 0.29) is 13.3 Å². The Morgan fingerprint density at radius 1 is 1.18 bits per heavy atom. The molecule has 3 rings (SSSR count). The largest absolute Gasteiger partial charge is 0.494 e. The monoisotopic (exact) mass is 383 g/mol. The molecule has 0 bridgehead atoms. The predicted octanol–water partition coefficient (Wildman–Crippen LogP) is 2.08. The van der Waals surface area contributed by atoms with Gasteiger partial charge < -0.3 is 19.5 Å². The van der Waals surface area contributed by atoms with Crippen LogP contribution in [0, 0.1) is 0 Å². The first-order valence-electron chi connectivity index (χ1n) is 8.88. The van der Waals surface area contributed by atoms with Crippen molar-refractivity contribution >= 4 is 18.0 Å². The maximum absolute atomic E-state index is 12.1. The number of hydrogen-bond acceptors (Lipinski definition) is 6. The Labute approximate surface area is 162 Å². The SMILES string of the molecule is CCCOc1cccc(/C=N/NC(=O)CNC(=O)c2ccc3c(c2)OCO3)c1. The van der Waals surface area contributed by atoms with Gasteiger partial charge >= 0.3 is 0 Å². The third-order valence-electron chi connectivity index (χ3n) is 3.78. The Kier molecular flexibility index (Phi) is 6.46. The van der Waals surface area contributed by atoms with Gasteiger partial charge in [-0.05, 0) is 42.3 Å². The van der Waals surface area contributed by atoms with Gasteiger partial charge in [-0.3, -0.25) is 9.59 Å². The number of ether oxygens (including phenoxy) is 3. The van der Waals surface area contributed by atoms with Crippen LogP contribution in [-0.4, -0.2) is 38.0 Å². The van der Waals surface area contributed by atoms with Gasteiger partial charge in [0, 0.05) is 5.56 Å². The molecule has 0 aromatic heterocycles. The molecule has 1 heterocycles. The number of carbonyl (C=O) groups excluding carboxylic acids is 2. The van der Waals surface area contributed by atoms with Crippen LogP contribution in [0.1, 0.15) is 29.3 Å². The van der Waals surface area contributed by atoms with E-state index in [1.165, 1.54) is 6.21 Å². The maximum Gasteiger partial charge on any atom is 0.259 e. The normalized spacial score (nSPS) is 12.0. The van der Waals surface area contributed by atoms with Crippen LogP contribution < -0.4 is 25.0 Å². The first kappa shape index (κ1) is 19.2. The summed E-state index contributed by atoms with van der Waals surface area (Å²) in [6, 6.07) is 12.2. The minimum absolute atomic E-state index is 0.133. The van der Waals surface area contributed by atoms with Gasteiger partial charge in [0.15, 0.2) is 11.5 Å². The van der Waals surface area contributed by atoms with Gasteiger partial charge in [-0.1, -0.05) is 19.1 Å². The van der Waals surface area contributed by atoms with E-state index < -0.39 is 11.8 Å². The summed E-state index contributed by atoms with van der Waals surface area (Å²) in [5.41, 5.74) is 3.54. The lowest BCUT2D eigenvalue weighted by Crippen LogP contribution is -2.34. The zero-order valence-electron chi connectivity index (χ0n) is 15.4. The molecule has 28 heavy (non-hydrogen) atoms. The molecule has 0 atom stereocenters. The fourth-order valence-electron chi connectivity index (χ4n) is 2.42. The van der Waals surface area contributed by atoms with Crippen LogP contribution >= 0.6 is 0 Å². The fraction of sp³-hybridized carbons (Fsp3) is 0.250. The van der Waals surface area contributed by atoms with Crippen molar-refractivity contribution in [3.8, 4) is 17.2 Å². The second kappa shape index (κ2) is 9.40. The predicted molar refractivity (Wildman–Crippen MR) is 103 cm³/mol. The first-order chi connectivity index (χ1) is 13.7. The molecule has 2 amide bonds. The van der Waals surface area contributed by atoms with Gasteiger partial charge in [-0.2, -0.15) is 5.10 Å². The molecule has 1 aliphatic rings. The molecule has 0 saturated carbocycles. The van der Waals surface area contributed by atoms with Crippen molar-refractivity contribution < 1.29 is 23.8 Å². The van der Waals surface area contributed by atoms with Crippen molar-refractivity contribution in [2.24, 2.45) is 5.10 Å². The molecule has 0 unspecified atom stereocenters. The number of nitrogens with one attached hydrogen (secondary N) is 2. The number of rotatable bonds is 8. The fourth-order valence-corrected chi connectivity index (χ4v) is 2.42. The van der Waals surface area contributed by atoms with Crippen molar-refractivity contribution in [2.75, 3.05) is 19.9 Å². The second-order valence-corrected chi connectivity index (χ2v) is 5.96. The highest BCUT2D eigenvalue weighted by molar-refractivity contribution is 5.97. The quantitative estimate of drug-likeness (QED) is 0.537. The van der Waals surface area contributed by atoms with Gasteiger partial charge in [0.05, 0.1) is 19.4 Å². The van der Waals surface area contributed by atoms with Crippen molar-refractivity contribution in [1.82, 2.24) is 10.7 Å². The average Bonchev–Trinajstić information content (AvgIpc) is 3.18. The van der Waals surface area contributed by atoms with E-state index >= 15 is 0 Å². The summed E-state index contributed by atoms with van der Waals surface area (Å²) >= 11 is 0. The number of fused-ring (bicyclic) bond motifs is 1. The van der Waals surface area contributed by atoms with Crippen LogP contribution in [0.5, 0.6) is 17.2 Å². The van der Waals surface area contributed by atoms with Crippen LogP contribution in [0.3, 0.4) is 0 Å². The third-order valence-corrected chi connectivity index (χ3v) is 3.78. The standard InChI is InChI=1S/C20H21N3O5/c1-2-8-26-16-5-3-4-14(9-16)11-22-23-19(24)12-21-20(25)15-6-7-17-18(10-15)28-13-27-17/h3-7,9-11H,2,8,12-13H2,1H3,(H,21,25)(H,23,24)/b22-11+.